The second-order valence-electron chi connectivity index (χ2n) is 6.17. The van der Waals surface area contributed by atoms with Crippen LogP contribution in [0.15, 0.2) is 59.5 Å². The zero-order valence-electron chi connectivity index (χ0n) is 15.6. The van der Waals surface area contributed by atoms with Crippen molar-refractivity contribution >= 4 is 27.4 Å². The smallest absolute Gasteiger partial charge is 0.339 e. The molecule has 0 N–H and O–H groups in total. The lowest BCUT2D eigenvalue weighted by atomic mass is 10.2. The van der Waals surface area contributed by atoms with Crippen LogP contribution >= 0.6 is 0 Å². The first-order chi connectivity index (χ1) is 12.8. The first-order valence-electron chi connectivity index (χ1n) is 8.64. The van der Waals surface area contributed by atoms with Crippen molar-refractivity contribution in [3.05, 3.63) is 60.2 Å². The van der Waals surface area contributed by atoms with Gasteiger partial charge in [0.25, 0.3) is 5.91 Å². The molecule has 0 fully saturated rings. The monoisotopic (exact) mass is 389 g/mol. The molecule has 0 atom stereocenters. The average Bonchev–Trinajstić information content (AvgIpc) is 2.66. The van der Waals surface area contributed by atoms with Crippen molar-refractivity contribution in [3.63, 3.8) is 0 Å². The summed E-state index contributed by atoms with van der Waals surface area (Å²) >= 11 is 0. The maximum absolute atomic E-state index is 12.6. The van der Waals surface area contributed by atoms with E-state index in [1.54, 1.807) is 24.3 Å². The number of hydrogen-bond acceptors (Lipinski definition) is 5. The minimum absolute atomic E-state index is 0.0667. The Labute approximate surface area is 159 Å². The Morgan fingerprint density at radius 2 is 1.59 bits per heavy atom. The van der Waals surface area contributed by atoms with Gasteiger partial charge in [0.1, 0.15) is 0 Å². The third-order valence-electron chi connectivity index (χ3n) is 3.97. The average molecular weight is 389 g/mol. The summed E-state index contributed by atoms with van der Waals surface area (Å²) < 4.78 is 29.5. The quantitative estimate of drug-likeness (QED) is 0.680. The van der Waals surface area contributed by atoms with E-state index in [0.29, 0.717) is 5.69 Å². The molecule has 0 aliphatic heterocycles. The number of para-hydroxylation sites is 1. The number of benzene rings is 2. The lowest BCUT2D eigenvalue weighted by molar-refractivity contribution is -0.122. The van der Waals surface area contributed by atoms with Crippen molar-refractivity contribution in [2.45, 2.75) is 31.7 Å². The van der Waals surface area contributed by atoms with Crippen LogP contribution in [0.5, 0.6) is 0 Å². The Bertz CT molecular complexity index is 907. The van der Waals surface area contributed by atoms with Gasteiger partial charge in [0, 0.05) is 11.7 Å². The maximum Gasteiger partial charge on any atom is 0.339 e. The number of ether oxygens (including phenoxy) is 1. The van der Waals surface area contributed by atoms with Gasteiger partial charge in [-0.3, -0.25) is 4.79 Å². The van der Waals surface area contributed by atoms with E-state index in [1.165, 1.54) is 24.0 Å². The summed E-state index contributed by atoms with van der Waals surface area (Å²) in [5.74, 6) is -1.36. The number of amides is 1. The molecule has 0 saturated carbocycles. The van der Waals surface area contributed by atoms with Crippen molar-refractivity contribution in [3.8, 4) is 0 Å². The minimum Gasteiger partial charge on any atom is -0.452 e. The predicted octanol–water partition coefficient (Wildman–Crippen LogP) is 3.08. The van der Waals surface area contributed by atoms with Gasteiger partial charge in [-0.15, -0.1) is 0 Å². The minimum atomic E-state index is -3.58. The zero-order valence-corrected chi connectivity index (χ0v) is 16.4. The molecule has 27 heavy (non-hydrogen) atoms. The fourth-order valence-electron chi connectivity index (χ4n) is 2.66. The predicted molar refractivity (Wildman–Crippen MR) is 104 cm³/mol. The summed E-state index contributed by atoms with van der Waals surface area (Å²) in [4.78, 5) is 26.4. The van der Waals surface area contributed by atoms with Crippen LogP contribution in [0.25, 0.3) is 0 Å². The molecule has 0 unspecified atom stereocenters. The molecule has 2 aromatic rings. The normalized spacial score (nSPS) is 11.3. The highest BCUT2D eigenvalue weighted by molar-refractivity contribution is 7.91. The molecule has 2 aromatic carbocycles. The highest BCUT2D eigenvalue weighted by Crippen LogP contribution is 2.19. The maximum atomic E-state index is 12.6. The van der Waals surface area contributed by atoms with Crippen molar-refractivity contribution in [2.75, 3.05) is 17.3 Å². The number of esters is 1. The summed E-state index contributed by atoms with van der Waals surface area (Å²) in [6.45, 7) is 4.74. The van der Waals surface area contributed by atoms with E-state index in [-0.39, 0.29) is 28.2 Å². The molecule has 2 rings (SSSR count). The van der Waals surface area contributed by atoms with E-state index < -0.39 is 22.4 Å². The lowest BCUT2D eigenvalue weighted by Crippen LogP contribution is -2.40. The van der Waals surface area contributed by atoms with Crippen molar-refractivity contribution in [1.82, 2.24) is 0 Å². The molecule has 7 heteroatoms. The molecular formula is C20H23NO5S. The van der Waals surface area contributed by atoms with Crippen LogP contribution in [0.3, 0.4) is 0 Å². The van der Waals surface area contributed by atoms with Crippen molar-refractivity contribution in [2.24, 2.45) is 0 Å². The van der Waals surface area contributed by atoms with Gasteiger partial charge < -0.3 is 9.64 Å². The van der Waals surface area contributed by atoms with Gasteiger partial charge in [0.05, 0.1) is 16.2 Å². The third-order valence-corrected chi connectivity index (χ3v) is 5.75. The molecule has 0 aromatic heterocycles. The van der Waals surface area contributed by atoms with E-state index in [9.17, 15) is 18.0 Å². The summed E-state index contributed by atoms with van der Waals surface area (Å²) in [5.41, 5.74) is 0.630. The second-order valence-corrected chi connectivity index (χ2v) is 8.42. The first-order valence-corrected chi connectivity index (χ1v) is 10.3. The van der Waals surface area contributed by atoms with Crippen LogP contribution in [-0.4, -0.2) is 38.7 Å². The Morgan fingerprint density at radius 1 is 1.00 bits per heavy atom. The molecule has 144 valence electrons. The van der Waals surface area contributed by atoms with Crippen LogP contribution in [0.1, 0.15) is 31.1 Å². The van der Waals surface area contributed by atoms with Crippen LogP contribution in [0.4, 0.5) is 5.69 Å². The molecule has 0 spiro atoms. The summed E-state index contributed by atoms with van der Waals surface area (Å²) in [7, 11) is -3.58. The number of anilines is 1. The number of nitrogens with zero attached hydrogens (tertiary/aromatic N) is 1. The summed E-state index contributed by atoms with van der Waals surface area (Å²) in [6, 6.07) is 14.8. The second kappa shape index (κ2) is 8.81. The van der Waals surface area contributed by atoms with Gasteiger partial charge in [0.15, 0.2) is 16.4 Å². The molecule has 0 saturated heterocycles. The lowest BCUT2D eigenvalue weighted by Gasteiger charge is -2.26. The van der Waals surface area contributed by atoms with Gasteiger partial charge in [-0.1, -0.05) is 37.3 Å². The van der Waals surface area contributed by atoms with Crippen LogP contribution < -0.4 is 4.90 Å². The van der Waals surface area contributed by atoms with Crippen LogP contribution in [0, 0.1) is 0 Å². The van der Waals surface area contributed by atoms with E-state index in [1.807, 2.05) is 32.0 Å². The third kappa shape index (κ3) is 4.95. The molecule has 6 nitrogen and oxygen atoms in total. The molecule has 1 amide bonds. The number of hydrogen-bond donors (Lipinski definition) is 0. The van der Waals surface area contributed by atoms with Gasteiger partial charge in [-0.05, 0) is 38.1 Å². The standard InChI is InChI=1S/C20H23NO5S/c1-4-27(24,25)18-13-9-8-12-17(18)20(23)26-14-19(22)21(15(2)3)16-10-6-5-7-11-16/h5-13,15H,4,14H2,1-3H3. The van der Waals surface area contributed by atoms with E-state index in [2.05, 4.69) is 0 Å². The highest BCUT2D eigenvalue weighted by atomic mass is 32.2. The Balaban J connectivity index is 2.17. The fourth-order valence-corrected chi connectivity index (χ4v) is 3.74. The molecule has 0 aliphatic rings. The summed E-state index contributed by atoms with van der Waals surface area (Å²) in [5, 5.41) is 0. The Morgan fingerprint density at radius 3 is 2.19 bits per heavy atom. The van der Waals surface area contributed by atoms with Crippen LogP contribution in [-0.2, 0) is 19.4 Å². The van der Waals surface area contributed by atoms with Gasteiger partial charge in [-0.2, -0.15) is 0 Å². The molecular weight excluding hydrogens is 366 g/mol. The Kier molecular flexibility index (Phi) is 6.74. The number of carbonyl (C=O) groups excluding carboxylic acids is 2. The number of sulfone groups is 1. The van der Waals surface area contributed by atoms with E-state index in [0.717, 1.165) is 0 Å². The van der Waals surface area contributed by atoms with Crippen molar-refractivity contribution in [1.29, 1.82) is 0 Å². The molecule has 0 radical (unpaired) electrons. The first kappa shape index (κ1) is 20.6. The zero-order chi connectivity index (χ0) is 20.0. The number of rotatable bonds is 7. The number of carbonyl (C=O) groups is 2. The van der Waals surface area contributed by atoms with Crippen molar-refractivity contribution < 1.29 is 22.7 Å². The van der Waals surface area contributed by atoms with E-state index in [4.69, 9.17) is 4.74 Å². The van der Waals surface area contributed by atoms with Crippen LogP contribution in [0.2, 0.25) is 0 Å². The molecule has 0 heterocycles. The van der Waals surface area contributed by atoms with Gasteiger partial charge in [-0.25, -0.2) is 13.2 Å². The summed E-state index contributed by atoms with van der Waals surface area (Å²) in [6.07, 6.45) is 0. The Hall–Kier alpha value is -2.67. The van der Waals surface area contributed by atoms with E-state index >= 15 is 0 Å². The fraction of sp³-hybridized carbons (Fsp3) is 0.300. The van der Waals surface area contributed by atoms with Gasteiger partial charge >= 0.3 is 5.97 Å². The molecule has 0 aliphatic carbocycles. The van der Waals surface area contributed by atoms with Gasteiger partial charge in [0.2, 0.25) is 0 Å². The topological polar surface area (TPSA) is 80.7 Å². The highest BCUT2D eigenvalue weighted by Gasteiger charge is 2.24. The largest absolute Gasteiger partial charge is 0.452 e. The SMILES string of the molecule is CCS(=O)(=O)c1ccccc1C(=O)OCC(=O)N(c1ccccc1)C(C)C. The molecule has 0 bridgehead atoms.